The summed E-state index contributed by atoms with van der Waals surface area (Å²) in [7, 11) is 1.18. The molecule has 23 heavy (non-hydrogen) atoms. The van der Waals surface area contributed by atoms with Gasteiger partial charge in [0.15, 0.2) is 12.1 Å². The van der Waals surface area contributed by atoms with Crippen LogP contribution in [0, 0.1) is 0 Å². The summed E-state index contributed by atoms with van der Waals surface area (Å²) in [6, 6.07) is 7.45. The van der Waals surface area contributed by atoms with Gasteiger partial charge in [-0.2, -0.15) is 4.90 Å². The number of benzene rings is 1. The highest BCUT2D eigenvalue weighted by molar-refractivity contribution is 5.96. The van der Waals surface area contributed by atoms with E-state index in [2.05, 4.69) is 0 Å². The van der Waals surface area contributed by atoms with E-state index >= 15 is 0 Å². The van der Waals surface area contributed by atoms with Crippen molar-refractivity contribution in [1.82, 2.24) is 4.90 Å². The van der Waals surface area contributed by atoms with Crippen LogP contribution >= 0.6 is 0 Å². The van der Waals surface area contributed by atoms with Crippen molar-refractivity contribution in [3.63, 3.8) is 0 Å². The number of esters is 1. The Balaban J connectivity index is 2.36. The lowest BCUT2D eigenvalue weighted by Gasteiger charge is -2.25. The summed E-state index contributed by atoms with van der Waals surface area (Å²) in [5, 5.41) is 0. The molecule has 0 spiro atoms. The molecule has 0 aliphatic carbocycles. The Bertz CT molecular complexity index is 607. The fourth-order valence-corrected chi connectivity index (χ4v) is 2.22. The third-order valence-electron chi connectivity index (χ3n) is 3.15. The van der Waals surface area contributed by atoms with Crippen molar-refractivity contribution in [2.45, 2.75) is 38.5 Å². The van der Waals surface area contributed by atoms with Gasteiger partial charge in [-0.1, -0.05) is 30.3 Å². The Morgan fingerprint density at radius 2 is 1.78 bits per heavy atom. The average Bonchev–Trinajstić information content (AvgIpc) is 2.83. The number of rotatable bonds is 2. The van der Waals surface area contributed by atoms with Gasteiger partial charge in [0.25, 0.3) is 0 Å². The van der Waals surface area contributed by atoms with Crippen LogP contribution in [0.1, 0.15) is 32.4 Å². The number of hydrogen-bond acceptors (Lipinski definition) is 6. The Hall–Kier alpha value is -2.57. The van der Waals surface area contributed by atoms with Gasteiger partial charge in [0.05, 0.1) is 7.11 Å². The Kier molecular flexibility index (Phi) is 4.58. The second kappa shape index (κ2) is 6.28. The fraction of sp³-hybridized carbons (Fsp3) is 0.438. The molecule has 1 saturated heterocycles. The van der Waals surface area contributed by atoms with Gasteiger partial charge in [-0.15, -0.1) is 0 Å². The number of ether oxygens (including phenoxy) is 3. The summed E-state index contributed by atoms with van der Waals surface area (Å²) in [4.78, 5) is 37.2. The van der Waals surface area contributed by atoms with E-state index < -0.39 is 35.9 Å². The van der Waals surface area contributed by atoms with Gasteiger partial charge in [0, 0.05) is 0 Å². The standard InChI is InChI=1S/C16H19NO6/c1-16(2,3)23-15(20)17-11(13(18)21-4)12(22-14(17)19)10-8-6-5-7-9-10/h5-9,11-12H,1-4H3/t11-,12-/m0/s1. The number of carbonyl (C=O) groups excluding carboxylic acids is 3. The molecule has 1 fully saturated rings. The first-order chi connectivity index (χ1) is 10.7. The van der Waals surface area contributed by atoms with Crippen LogP contribution in [-0.4, -0.2) is 41.8 Å². The number of carbonyl (C=O) groups is 3. The van der Waals surface area contributed by atoms with Crippen molar-refractivity contribution in [2.24, 2.45) is 0 Å². The Labute approximate surface area is 134 Å². The molecule has 0 radical (unpaired) electrons. The molecule has 2 rings (SSSR count). The Morgan fingerprint density at radius 3 is 2.30 bits per heavy atom. The van der Waals surface area contributed by atoms with E-state index in [1.807, 2.05) is 0 Å². The first-order valence-electron chi connectivity index (χ1n) is 7.10. The minimum Gasteiger partial charge on any atom is -0.467 e. The molecule has 1 heterocycles. The molecule has 0 unspecified atom stereocenters. The van der Waals surface area contributed by atoms with Crippen LogP contribution in [0.4, 0.5) is 9.59 Å². The van der Waals surface area contributed by atoms with Crippen LogP contribution in [-0.2, 0) is 19.0 Å². The first kappa shape index (κ1) is 16.8. The maximum absolute atomic E-state index is 12.3. The zero-order valence-electron chi connectivity index (χ0n) is 13.4. The highest BCUT2D eigenvalue weighted by Gasteiger charge is 2.52. The fourth-order valence-electron chi connectivity index (χ4n) is 2.22. The molecule has 7 heteroatoms. The van der Waals surface area contributed by atoms with Gasteiger partial charge in [-0.3, -0.25) is 0 Å². The van der Waals surface area contributed by atoms with Gasteiger partial charge in [-0.05, 0) is 26.3 Å². The SMILES string of the molecule is COC(=O)[C@@H]1[C@H](c2ccccc2)OC(=O)N1C(=O)OC(C)(C)C. The smallest absolute Gasteiger partial charge is 0.420 e. The van der Waals surface area contributed by atoms with Gasteiger partial charge in [0.1, 0.15) is 5.60 Å². The predicted octanol–water partition coefficient (Wildman–Crippen LogP) is 2.66. The summed E-state index contributed by atoms with van der Waals surface area (Å²) in [6.45, 7) is 4.98. The van der Waals surface area contributed by atoms with Crippen molar-refractivity contribution in [3.8, 4) is 0 Å². The van der Waals surface area contributed by atoms with Crippen molar-refractivity contribution in [1.29, 1.82) is 0 Å². The lowest BCUT2D eigenvalue weighted by molar-refractivity contribution is -0.146. The maximum Gasteiger partial charge on any atom is 0.420 e. The highest BCUT2D eigenvalue weighted by Crippen LogP contribution is 2.34. The number of hydrogen-bond donors (Lipinski definition) is 0. The third kappa shape index (κ3) is 3.61. The van der Waals surface area contributed by atoms with Crippen LogP contribution in [0.5, 0.6) is 0 Å². The third-order valence-corrected chi connectivity index (χ3v) is 3.15. The van der Waals surface area contributed by atoms with E-state index in [9.17, 15) is 14.4 Å². The monoisotopic (exact) mass is 321 g/mol. The second-order valence-corrected chi connectivity index (χ2v) is 6.03. The summed E-state index contributed by atoms with van der Waals surface area (Å²) in [5.74, 6) is -0.754. The van der Waals surface area contributed by atoms with Crippen molar-refractivity contribution in [3.05, 3.63) is 35.9 Å². The first-order valence-corrected chi connectivity index (χ1v) is 7.10. The topological polar surface area (TPSA) is 82.1 Å². The van der Waals surface area contributed by atoms with Gasteiger partial charge < -0.3 is 14.2 Å². The predicted molar refractivity (Wildman–Crippen MR) is 79.5 cm³/mol. The average molecular weight is 321 g/mol. The molecule has 1 aromatic rings. The van der Waals surface area contributed by atoms with Crippen LogP contribution in [0.25, 0.3) is 0 Å². The van der Waals surface area contributed by atoms with Crippen LogP contribution in [0.2, 0.25) is 0 Å². The van der Waals surface area contributed by atoms with E-state index in [-0.39, 0.29) is 0 Å². The maximum atomic E-state index is 12.3. The second-order valence-electron chi connectivity index (χ2n) is 6.03. The van der Waals surface area contributed by atoms with Crippen LogP contribution in [0.3, 0.4) is 0 Å². The number of nitrogens with zero attached hydrogens (tertiary/aromatic N) is 1. The lowest BCUT2D eigenvalue weighted by atomic mass is 10.0. The molecule has 2 amide bonds. The molecule has 0 aromatic heterocycles. The number of methoxy groups -OCH3 is 1. The van der Waals surface area contributed by atoms with E-state index in [4.69, 9.17) is 14.2 Å². The van der Waals surface area contributed by atoms with E-state index in [1.54, 1.807) is 51.1 Å². The molecule has 0 N–H and O–H groups in total. The van der Waals surface area contributed by atoms with Crippen molar-refractivity contribution in [2.75, 3.05) is 7.11 Å². The minimum absolute atomic E-state index is 0.585. The van der Waals surface area contributed by atoms with E-state index in [0.717, 1.165) is 0 Å². The Morgan fingerprint density at radius 1 is 1.17 bits per heavy atom. The summed E-state index contributed by atoms with van der Waals surface area (Å²) >= 11 is 0. The number of cyclic esters (lactones) is 1. The van der Waals surface area contributed by atoms with E-state index in [0.29, 0.717) is 10.5 Å². The van der Waals surface area contributed by atoms with Crippen LogP contribution in [0.15, 0.2) is 30.3 Å². The van der Waals surface area contributed by atoms with E-state index in [1.165, 1.54) is 7.11 Å². The molecule has 1 aliphatic heterocycles. The minimum atomic E-state index is -1.23. The highest BCUT2D eigenvalue weighted by atomic mass is 16.6. The van der Waals surface area contributed by atoms with Crippen LogP contribution < -0.4 is 0 Å². The molecule has 2 atom stereocenters. The summed E-state index contributed by atoms with van der Waals surface area (Å²) in [6.07, 6.45) is -2.83. The molecule has 0 bridgehead atoms. The molecule has 1 aromatic carbocycles. The van der Waals surface area contributed by atoms with Gasteiger partial charge in [-0.25, -0.2) is 14.4 Å². The zero-order chi connectivity index (χ0) is 17.2. The summed E-state index contributed by atoms with van der Waals surface area (Å²) in [5.41, 5.74) is -0.231. The summed E-state index contributed by atoms with van der Waals surface area (Å²) < 4.78 is 15.1. The van der Waals surface area contributed by atoms with Gasteiger partial charge in [0.2, 0.25) is 0 Å². The van der Waals surface area contributed by atoms with Crippen molar-refractivity contribution >= 4 is 18.2 Å². The molecular formula is C16H19NO6. The van der Waals surface area contributed by atoms with Crippen molar-refractivity contribution < 1.29 is 28.6 Å². The molecule has 7 nitrogen and oxygen atoms in total. The largest absolute Gasteiger partial charge is 0.467 e. The van der Waals surface area contributed by atoms with Gasteiger partial charge >= 0.3 is 18.2 Å². The number of imide groups is 1. The number of amides is 2. The molecular weight excluding hydrogens is 302 g/mol. The normalized spacial score (nSPS) is 20.9. The molecule has 124 valence electrons. The quantitative estimate of drug-likeness (QED) is 0.615. The zero-order valence-corrected chi connectivity index (χ0v) is 13.4. The molecule has 0 saturated carbocycles. The molecule has 1 aliphatic rings. The lowest BCUT2D eigenvalue weighted by Crippen LogP contribution is -2.47.